The van der Waals surface area contributed by atoms with E-state index in [4.69, 9.17) is 0 Å². The minimum absolute atomic E-state index is 0.0460. The van der Waals surface area contributed by atoms with Gasteiger partial charge in [0.25, 0.3) is 0 Å². The molecule has 3 nitrogen and oxygen atoms in total. The van der Waals surface area contributed by atoms with Crippen molar-refractivity contribution in [3.05, 3.63) is 64.1 Å². The summed E-state index contributed by atoms with van der Waals surface area (Å²) in [5.41, 5.74) is 0.485. The first-order valence-corrected chi connectivity index (χ1v) is 8.20. The van der Waals surface area contributed by atoms with Crippen molar-refractivity contribution in [2.24, 2.45) is 0 Å². The molecule has 0 spiro atoms. The molecule has 0 bridgehead atoms. The maximum atomic E-state index is 13.8. The van der Waals surface area contributed by atoms with E-state index in [0.717, 1.165) is 10.4 Å². The molecule has 0 saturated heterocycles. The lowest BCUT2D eigenvalue weighted by molar-refractivity contribution is 0.458. The minimum Gasteiger partial charge on any atom is -0.207 e. The Kier molecular flexibility index (Phi) is 4.75. The van der Waals surface area contributed by atoms with Crippen LogP contribution in [-0.2, 0) is 16.6 Å². The average Bonchev–Trinajstić information content (AvgIpc) is 2.38. The Morgan fingerprint density at radius 1 is 1.14 bits per heavy atom. The standard InChI is InChI=1S/C14H12BrF2NO2S/c1-18(9-10-3-2-4-12(16)7-10)21(19,20)14-6-5-11(15)8-13(14)17/h2-8H,9H2,1H3. The van der Waals surface area contributed by atoms with Gasteiger partial charge in [0.1, 0.15) is 16.5 Å². The van der Waals surface area contributed by atoms with Gasteiger partial charge in [0, 0.05) is 18.1 Å². The predicted molar refractivity (Wildman–Crippen MR) is 79.2 cm³/mol. The number of sulfonamides is 1. The van der Waals surface area contributed by atoms with Crippen LogP contribution in [0.1, 0.15) is 5.56 Å². The van der Waals surface area contributed by atoms with Crippen LogP contribution in [0.25, 0.3) is 0 Å². The summed E-state index contributed by atoms with van der Waals surface area (Å²) in [4.78, 5) is -0.412. The van der Waals surface area contributed by atoms with Gasteiger partial charge in [0.05, 0.1) is 0 Å². The Morgan fingerprint density at radius 2 is 1.86 bits per heavy atom. The zero-order valence-corrected chi connectivity index (χ0v) is 13.5. The van der Waals surface area contributed by atoms with Gasteiger partial charge in [-0.2, -0.15) is 4.31 Å². The molecule has 0 N–H and O–H groups in total. The SMILES string of the molecule is CN(Cc1cccc(F)c1)S(=O)(=O)c1ccc(Br)cc1F. The largest absolute Gasteiger partial charge is 0.246 e. The van der Waals surface area contributed by atoms with E-state index in [9.17, 15) is 17.2 Å². The summed E-state index contributed by atoms with van der Waals surface area (Å²) in [5, 5.41) is 0. The van der Waals surface area contributed by atoms with Crippen molar-refractivity contribution in [2.75, 3.05) is 7.05 Å². The fraction of sp³-hybridized carbons (Fsp3) is 0.143. The predicted octanol–water partition coefficient (Wildman–Crippen LogP) is 3.55. The van der Waals surface area contributed by atoms with Crippen LogP contribution in [0.5, 0.6) is 0 Å². The summed E-state index contributed by atoms with van der Waals surface area (Å²) < 4.78 is 53.0. The van der Waals surface area contributed by atoms with Gasteiger partial charge in [0.2, 0.25) is 10.0 Å². The number of hydrogen-bond donors (Lipinski definition) is 0. The highest BCUT2D eigenvalue weighted by molar-refractivity contribution is 9.10. The van der Waals surface area contributed by atoms with Gasteiger partial charge in [-0.15, -0.1) is 0 Å². The Morgan fingerprint density at radius 3 is 2.48 bits per heavy atom. The summed E-state index contributed by atoms with van der Waals surface area (Å²) in [7, 11) is -2.66. The van der Waals surface area contributed by atoms with E-state index in [1.807, 2.05) is 0 Å². The molecule has 0 atom stereocenters. The summed E-state index contributed by atoms with van der Waals surface area (Å²) in [6, 6.07) is 9.33. The Labute approximate surface area is 130 Å². The maximum absolute atomic E-state index is 13.8. The zero-order chi connectivity index (χ0) is 15.6. The maximum Gasteiger partial charge on any atom is 0.246 e. The van der Waals surface area contributed by atoms with E-state index in [1.165, 1.54) is 37.4 Å². The number of nitrogens with zero attached hydrogens (tertiary/aromatic N) is 1. The lowest BCUT2D eigenvalue weighted by Gasteiger charge is -2.17. The van der Waals surface area contributed by atoms with E-state index in [2.05, 4.69) is 15.9 Å². The molecule has 2 aromatic rings. The Hall–Kier alpha value is -1.31. The van der Waals surface area contributed by atoms with Crippen molar-refractivity contribution in [3.63, 3.8) is 0 Å². The number of benzene rings is 2. The molecule has 0 unspecified atom stereocenters. The van der Waals surface area contributed by atoms with Crippen molar-refractivity contribution in [3.8, 4) is 0 Å². The zero-order valence-electron chi connectivity index (χ0n) is 11.1. The first kappa shape index (κ1) is 16.1. The second-order valence-corrected chi connectivity index (χ2v) is 7.39. The van der Waals surface area contributed by atoms with Gasteiger partial charge < -0.3 is 0 Å². The van der Waals surface area contributed by atoms with E-state index in [-0.39, 0.29) is 6.54 Å². The third kappa shape index (κ3) is 3.66. The highest BCUT2D eigenvalue weighted by atomic mass is 79.9. The lowest BCUT2D eigenvalue weighted by atomic mass is 10.2. The highest BCUT2D eigenvalue weighted by Crippen LogP contribution is 2.23. The van der Waals surface area contributed by atoms with E-state index < -0.39 is 26.6 Å². The topological polar surface area (TPSA) is 37.4 Å². The molecule has 7 heteroatoms. The molecule has 0 saturated carbocycles. The van der Waals surface area contributed by atoms with Gasteiger partial charge in [-0.3, -0.25) is 0 Å². The molecule has 0 aromatic heterocycles. The van der Waals surface area contributed by atoms with Crippen LogP contribution in [0.15, 0.2) is 51.8 Å². The molecule has 2 rings (SSSR count). The van der Waals surface area contributed by atoms with Crippen molar-refractivity contribution in [1.29, 1.82) is 0 Å². The molecule has 0 aliphatic rings. The van der Waals surface area contributed by atoms with Gasteiger partial charge in [-0.05, 0) is 35.9 Å². The summed E-state index contributed by atoms with van der Waals surface area (Å²) >= 11 is 3.07. The fourth-order valence-electron chi connectivity index (χ4n) is 1.83. The van der Waals surface area contributed by atoms with Gasteiger partial charge in [-0.25, -0.2) is 17.2 Å². The third-order valence-corrected chi connectivity index (χ3v) is 5.21. The lowest BCUT2D eigenvalue weighted by Crippen LogP contribution is -2.27. The molecule has 0 aliphatic heterocycles. The van der Waals surface area contributed by atoms with Crippen molar-refractivity contribution >= 4 is 26.0 Å². The summed E-state index contributed by atoms with van der Waals surface area (Å²) in [5.74, 6) is -1.29. The molecular formula is C14H12BrF2NO2S. The summed E-state index contributed by atoms with van der Waals surface area (Å²) in [6.07, 6.45) is 0. The van der Waals surface area contributed by atoms with E-state index in [1.54, 1.807) is 6.07 Å². The third-order valence-electron chi connectivity index (χ3n) is 2.88. The van der Waals surface area contributed by atoms with Crippen LogP contribution in [0.3, 0.4) is 0 Å². The highest BCUT2D eigenvalue weighted by Gasteiger charge is 2.24. The molecule has 0 fully saturated rings. The van der Waals surface area contributed by atoms with Gasteiger partial charge in [-0.1, -0.05) is 28.1 Å². The molecule has 0 radical (unpaired) electrons. The molecule has 21 heavy (non-hydrogen) atoms. The first-order valence-electron chi connectivity index (χ1n) is 5.96. The van der Waals surface area contributed by atoms with Crippen LogP contribution in [-0.4, -0.2) is 19.8 Å². The van der Waals surface area contributed by atoms with E-state index in [0.29, 0.717) is 10.0 Å². The number of hydrogen-bond acceptors (Lipinski definition) is 2. The molecule has 0 amide bonds. The Bertz CT molecular complexity index is 765. The summed E-state index contributed by atoms with van der Waals surface area (Å²) in [6.45, 7) is -0.0460. The van der Waals surface area contributed by atoms with Gasteiger partial charge >= 0.3 is 0 Å². The quantitative estimate of drug-likeness (QED) is 0.819. The average molecular weight is 376 g/mol. The normalized spacial score (nSPS) is 11.9. The first-order chi connectivity index (χ1) is 9.80. The molecule has 2 aromatic carbocycles. The van der Waals surface area contributed by atoms with Crippen LogP contribution >= 0.6 is 15.9 Å². The van der Waals surface area contributed by atoms with Crippen molar-refractivity contribution in [2.45, 2.75) is 11.4 Å². The van der Waals surface area contributed by atoms with Gasteiger partial charge in [0.15, 0.2) is 0 Å². The van der Waals surface area contributed by atoms with Crippen LogP contribution < -0.4 is 0 Å². The van der Waals surface area contributed by atoms with Crippen LogP contribution in [0.2, 0.25) is 0 Å². The monoisotopic (exact) mass is 375 g/mol. The second kappa shape index (κ2) is 6.21. The number of rotatable bonds is 4. The Balaban J connectivity index is 2.30. The second-order valence-electron chi connectivity index (χ2n) is 4.47. The smallest absolute Gasteiger partial charge is 0.207 e. The molecule has 112 valence electrons. The number of halogens is 3. The molecule has 0 aliphatic carbocycles. The van der Waals surface area contributed by atoms with Crippen molar-refractivity contribution < 1.29 is 17.2 Å². The molecule has 0 heterocycles. The fourth-order valence-corrected chi connectivity index (χ4v) is 3.36. The van der Waals surface area contributed by atoms with Crippen molar-refractivity contribution in [1.82, 2.24) is 4.31 Å². The van der Waals surface area contributed by atoms with Crippen LogP contribution in [0, 0.1) is 11.6 Å². The van der Waals surface area contributed by atoms with Crippen LogP contribution in [0.4, 0.5) is 8.78 Å². The molecular weight excluding hydrogens is 364 g/mol. The minimum atomic E-state index is -3.98. The van der Waals surface area contributed by atoms with E-state index >= 15 is 0 Å².